The molecule has 0 saturated heterocycles. The average molecular weight is 1100 g/mol. The molecule has 7 nitrogen and oxygen atoms in total. The first kappa shape index (κ1) is 46.8. The minimum atomic E-state index is -0.0688. The van der Waals surface area contributed by atoms with Crippen LogP contribution in [0.25, 0.3) is 107 Å². The fraction of sp³-hybridized carbons (Fsp3) is 0.127. The number of phenols is 1. The van der Waals surface area contributed by atoms with Gasteiger partial charge in [-0.2, -0.15) is 9.97 Å². The number of pyridine rings is 2. The molecule has 11 aromatic rings. The molecule has 0 spiro atoms. The van der Waals surface area contributed by atoms with Gasteiger partial charge in [0.05, 0.1) is 16.7 Å². The molecule has 71 heavy (non-hydrogen) atoms. The summed E-state index contributed by atoms with van der Waals surface area (Å²) in [7, 11) is 0. The first-order valence-electron chi connectivity index (χ1n) is 23.7. The van der Waals surface area contributed by atoms with Gasteiger partial charge >= 0.3 is 0 Å². The van der Waals surface area contributed by atoms with E-state index in [1.165, 1.54) is 11.1 Å². The van der Waals surface area contributed by atoms with Crippen LogP contribution >= 0.6 is 0 Å². The predicted molar refractivity (Wildman–Crippen MR) is 286 cm³/mol. The Kier molecular flexibility index (Phi) is 12.4. The molecule has 0 saturated carbocycles. The first-order valence-corrected chi connectivity index (χ1v) is 23.7. The molecule has 350 valence electrons. The van der Waals surface area contributed by atoms with Crippen LogP contribution < -0.4 is 0 Å². The van der Waals surface area contributed by atoms with E-state index in [9.17, 15) is 5.11 Å². The van der Waals surface area contributed by atoms with Gasteiger partial charge in [-0.1, -0.05) is 186 Å². The first-order chi connectivity index (χ1) is 33.9. The largest absolute Gasteiger partial charge is 0.507 e. The van der Waals surface area contributed by atoms with E-state index >= 15 is 0 Å². The fourth-order valence-corrected chi connectivity index (χ4v) is 9.18. The van der Waals surface area contributed by atoms with E-state index in [1.54, 1.807) is 6.07 Å². The summed E-state index contributed by atoms with van der Waals surface area (Å²) in [5.41, 5.74) is 14.7. The van der Waals surface area contributed by atoms with Gasteiger partial charge in [-0.05, 0) is 80.6 Å². The predicted octanol–water partition coefficient (Wildman–Crippen LogP) is 15.5. The third-order valence-corrected chi connectivity index (χ3v) is 13.0. The van der Waals surface area contributed by atoms with Crippen LogP contribution in [-0.4, -0.2) is 34.6 Å². The maximum atomic E-state index is 11.2. The van der Waals surface area contributed by atoms with Gasteiger partial charge in [-0.3, -0.25) is 14.5 Å². The number of benzene rings is 7. The zero-order valence-electron chi connectivity index (χ0n) is 40.4. The summed E-state index contributed by atoms with van der Waals surface area (Å²) in [6.07, 6.45) is 1.83. The number of aromatic hydroxyl groups is 1. The minimum Gasteiger partial charge on any atom is -0.507 e. The van der Waals surface area contributed by atoms with Crippen molar-refractivity contribution in [3.63, 3.8) is 0 Å². The Balaban J connectivity index is 0.00000582. The molecular weight excluding hydrogens is 1050 g/mol. The zero-order valence-corrected chi connectivity index (χ0v) is 42.7. The summed E-state index contributed by atoms with van der Waals surface area (Å²) >= 11 is 0. The minimum absolute atomic E-state index is 0. The van der Waals surface area contributed by atoms with Gasteiger partial charge in [-0.15, -0.1) is 24.3 Å². The SMILES string of the molecule is CC(C)(C)c1cc(-c2cc(-c3[c-]c(-c4ncccc4-c4ccc5c6ccccc6n(-c6nc(-c7ccccc7)nc(-c7ccccc7)n6)c5c4)ccc3)nc(-c3ccccc3O)c2)cc(C(C)(C)C)c1.[Pt]. The second kappa shape index (κ2) is 18.8. The van der Waals surface area contributed by atoms with Crippen LogP contribution in [0.2, 0.25) is 0 Å². The van der Waals surface area contributed by atoms with E-state index in [-0.39, 0.29) is 37.6 Å². The molecule has 4 heterocycles. The second-order valence-electron chi connectivity index (χ2n) is 19.9. The van der Waals surface area contributed by atoms with Gasteiger partial charge < -0.3 is 5.11 Å². The fourth-order valence-electron chi connectivity index (χ4n) is 9.18. The molecule has 1 N–H and O–H groups in total. The van der Waals surface area contributed by atoms with E-state index in [2.05, 4.69) is 137 Å². The molecule has 0 aliphatic carbocycles. The molecule has 0 unspecified atom stereocenters. The van der Waals surface area contributed by atoms with E-state index in [4.69, 9.17) is 24.9 Å². The van der Waals surface area contributed by atoms with Crippen LogP contribution in [0.5, 0.6) is 5.75 Å². The van der Waals surface area contributed by atoms with Crippen LogP contribution in [0, 0.1) is 6.07 Å². The summed E-state index contributed by atoms with van der Waals surface area (Å²) in [6, 6.07) is 67.7. The molecule has 0 fully saturated rings. The van der Waals surface area contributed by atoms with Crippen LogP contribution in [0.1, 0.15) is 52.7 Å². The maximum Gasteiger partial charge on any atom is 0.238 e. The van der Waals surface area contributed by atoms with Crippen molar-refractivity contribution in [3.05, 3.63) is 211 Å². The van der Waals surface area contributed by atoms with Crippen molar-refractivity contribution in [2.45, 2.75) is 52.4 Å². The Morgan fingerprint density at radius 3 is 1.69 bits per heavy atom. The van der Waals surface area contributed by atoms with Crippen molar-refractivity contribution in [1.82, 2.24) is 29.5 Å². The van der Waals surface area contributed by atoms with Crippen LogP contribution in [0.15, 0.2) is 194 Å². The molecule has 11 rings (SSSR count). The number of phenolic OH excluding ortho intramolecular Hbond substituents is 1. The third-order valence-electron chi connectivity index (χ3n) is 13.0. The number of rotatable bonds is 8. The zero-order chi connectivity index (χ0) is 48.1. The monoisotopic (exact) mass is 1100 g/mol. The Morgan fingerprint density at radius 1 is 0.437 bits per heavy atom. The van der Waals surface area contributed by atoms with E-state index in [0.29, 0.717) is 28.9 Å². The van der Waals surface area contributed by atoms with Crippen LogP contribution in [0.4, 0.5) is 0 Å². The number of hydrogen-bond donors (Lipinski definition) is 1. The Morgan fingerprint density at radius 2 is 1.01 bits per heavy atom. The van der Waals surface area contributed by atoms with Gasteiger partial charge in [0.2, 0.25) is 5.95 Å². The molecule has 4 aromatic heterocycles. The average Bonchev–Trinajstić information content (AvgIpc) is 3.72. The number of nitrogens with zero attached hydrogens (tertiary/aromatic N) is 6. The summed E-state index contributed by atoms with van der Waals surface area (Å²) in [5, 5.41) is 13.3. The van der Waals surface area contributed by atoms with Gasteiger partial charge in [0.15, 0.2) is 11.6 Å². The Hall–Kier alpha value is -7.86. The molecule has 0 atom stereocenters. The standard InChI is InChI=1S/C63H51N6O.Pt/c1-62(2,3)47-34-45(35-48(39-47)63(4,5)6)46-36-53(65-54(37-46)52-26-14-16-29-57(52)70)43-23-17-24-44(33-43)58-49(27-18-32-64-58)42-30-31-51-50-25-13-15-28-55(50)69(56(51)38-42)61-67-59(40-19-9-7-10-20-40)66-60(68-61)41-21-11-8-12-22-41;/h7-32,34-39,70H,1-6H3;/q-1;. The summed E-state index contributed by atoms with van der Waals surface area (Å²) in [5.74, 6) is 1.89. The number of aromatic nitrogens is 6. The van der Waals surface area contributed by atoms with E-state index in [1.807, 2.05) is 103 Å². The van der Waals surface area contributed by atoms with Gasteiger partial charge in [0, 0.05) is 66.1 Å². The van der Waals surface area contributed by atoms with Crippen molar-refractivity contribution >= 4 is 21.8 Å². The van der Waals surface area contributed by atoms with Gasteiger partial charge in [0.1, 0.15) is 5.75 Å². The molecule has 0 amide bonds. The van der Waals surface area contributed by atoms with Crippen LogP contribution in [0.3, 0.4) is 0 Å². The molecule has 0 aliphatic heterocycles. The van der Waals surface area contributed by atoms with Crippen LogP contribution in [-0.2, 0) is 31.9 Å². The Bertz CT molecular complexity index is 3670. The quantitative estimate of drug-likeness (QED) is 0.153. The van der Waals surface area contributed by atoms with Crippen molar-refractivity contribution in [3.8, 4) is 90.5 Å². The molecular formula is C63H51N6OPt-. The van der Waals surface area contributed by atoms with Crippen molar-refractivity contribution in [2.75, 3.05) is 0 Å². The Labute approximate surface area is 429 Å². The van der Waals surface area contributed by atoms with E-state index < -0.39 is 0 Å². The van der Waals surface area contributed by atoms with E-state index in [0.717, 1.165) is 77.7 Å². The third kappa shape index (κ3) is 9.22. The van der Waals surface area contributed by atoms with Gasteiger partial charge in [0.25, 0.3) is 0 Å². The smallest absolute Gasteiger partial charge is 0.238 e. The van der Waals surface area contributed by atoms with Crippen molar-refractivity contribution in [1.29, 1.82) is 0 Å². The molecule has 0 bridgehead atoms. The summed E-state index contributed by atoms with van der Waals surface area (Å²) in [6.45, 7) is 13.5. The maximum absolute atomic E-state index is 11.2. The molecule has 8 heteroatoms. The topological polar surface area (TPSA) is 89.6 Å². The number of fused-ring (bicyclic) bond motifs is 3. The number of hydrogen-bond acceptors (Lipinski definition) is 6. The summed E-state index contributed by atoms with van der Waals surface area (Å²) < 4.78 is 2.15. The molecule has 7 aromatic carbocycles. The normalized spacial score (nSPS) is 11.7. The van der Waals surface area contributed by atoms with Gasteiger partial charge in [-0.25, -0.2) is 4.98 Å². The van der Waals surface area contributed by atoms with Crippen molar-refractivity contribution in [2.24, 2.45) is 0 Å². The number of para-hydroxylation sites is 2. The second-order valence-corrected chi connectivity index (χ2v) is 19.9. The van der Waals surface area contributed by atoms with Crippen molar-refractivity contribution < 1.29 is 26.2 Å². The molecule has 0 radical (unpaired) electrons. The summed E-state index contributed by atoms with van der Waals surface area (Å²) in [4.78, 5) is 25.6. The molecule has 0 aliphatic rings.